The molecule has 1 heterocycles. The Bertz CT molecular complexity index is 328. The molecule has 78 valence electrons. The highest BCUT2D eigenvalue weighted by Gasteiger charge is 2.39. The van der Waals surface area contributed by atoms with Gasteiger partial charge in [0.2, 0.25) is 5.78 Å². The number of carbonyl (C=O) groups is 2. The lowest BCUT2D eigenvalue weighted by Crippen LogP contribution is -2.25. The lowest BCUT2D eigenvalue weighted by atomic mass is 10.2. The molecular formula is C8H7F3O2S. The van der Waals surface area contributed by atoms with Crippen molar-refractivity contribution in [1.29, 1.82) is 0 Å². The molecule has 0 saturated heterocycles. The largest absolute Gasteiger partial charge is 0.450 e. The van der Waals surface area contributed by atoms with E-state index in [9.17, 15) is 22.8 Å². The van der Waals surface area contributed by atoms with Crippen molar-refractivity contribution in [1.82, 2.24) is 0 Å². The normalized spacial score (nSPS) is 16.1. The minimum Gasteiger partial charge on any atom is -0.293 e. The Kier molecular flexibility index (Phi) is 3.25. The fourth-order valence-corrected chi connectivity index (χ4v) is 1.73. The molecule has 0 bridgehead atoms. The van der Waals surface area contributed by atoms with E-state index in [4.69, 9.17) is 0 Å². The standard InChI is InChI=1S/C8H7F3O2S/c9-8(10,11)7(13)4-5(12)6-2-1-3-14-6/h2-3,14H,1,4H2. The fraction of sp³-hybridized carbons (Fsp3) is 0.375. The van der Waals surface area contributed by atoms with Crippen molar-refractivity contribution in [3.05, 3.63) is 11.0 Å². The van der Waals surface area contributed by atoms with E-state index in [1.165, 1.54) is 6.08 Å². The molecule has 0 amide bonds. The number of ketones is 2. The van der Waals surface area contributed by atoms with Crippen molar-refractivity contribution in [2.75, 3.05) is 0 Å². The maximum absolute atomic E-state index is 11.8. The molecular weight excluding hydrogens is 217 g/mol. The van der Waals surface area contributed by atoms with Crippen LogP contribution in [0, 0.1) is 0 Å². The van der Waals surface area contributed by atoms with Crippen LogP contribution in [-0.2, 0) is 9.59 Å². The minimum atomic E-state index is -4.91. The van der Waals surface area contributed by atoms with Gasteiger partial charge >= 0.3 is 6.18 Å². The lowest BCUT2D eigenvalue weighted by molar-refractivity contribution is -0.171. The summed E-state index contributed by atoms with van der Waals surface area (Å²) in [7, 11) is 0. The van der Waals surface area contributed by atoms with Gasteiger partial charge in [0.05, 0.1) is 6.42 Å². The summed E-state index contributed by atoms with van der Waals surface area (Å²) >= 11 is 0.600. The first-order valence-corrected chi connectivity index (χ1v) is 4.73. The molecule has 6 heteroatoms. The van der Waals surface area contributed by atoms with Crippen molar-refractivity contribution < 1.29 is 22.8 Å². The monoisotopic (exact) mass is 224 g/mol. The summed E-state index contributed by atoms with van der Waals surface area (Å²) < 4.78 is 35.3. The van der Waals surface area contributed by atoms with E-state index >= 15 is 0 Å². The molecule has 0 fully saturated rings. The highest BCUT2D eigenvalue weighted by Crippen LogP contribution is 2.22. The number of rotatable bonds is 3. The first-order valence-electron chi connectivity index (χ1n) is 3.77. The van der Waals surface area contributed by atoms with Crippen LogP contribution in [0.15, 0.2) is 11.0 Å². The summed E-state index contributed by atoms with van der Waals surface area (Å²) in [6.45, 7) is 0. The zero-order valence-corrected chi connectivity index (χ0v) is 7.86. The SMILES string of the molecule is O=C(CC(=O)C(F)(F)F)C1=CCC=[SH]1. The maximum atomic E-state index is 11.8. The van der Waals surface area contributed by atoms with Crippen LogP contribution in [0.3, 0.4) is 0 Å². The van der Waals surface area contributed by atoms with Crippen molar-refractivity contribution in [2.45, 2.75) is 19.0 Å². The Morgan fingerprint density at radius 3 is 2.50 bits per heavy atom. The number of hydrogen-bond donors (Lipinski definition) is 1. The highest BCUT2D eigenvalue weighted by atomic mass is 32.1. The van der Waals surface area contributed by atoms with Gasteiger partial charge in [-0.3, -0.25) is 9.59 Å². The second-order valence-corrected chi connectivity index (χ2v) is 3.76. The summed E-state index contributed by atoms with van der Waals surface area (Å²) in [5.74, 6) is -2.71. The smallest absolute Gasteiger partial charge is 0.293 e. The molecule has 0 spiro atoms. The average Bonchev–Trinajstić information content (AvgIpc) is 2.53. The number of carbonyl (C=O) groups excluding carboxylic acids is 2. The molecule has 0 aliphatic carbocycles. The molecule has 1 rings (SSSR count). The van der Waals surface area contributed by atoms with Crippen molar-refractivity contribution >= 4 is 28.3 Å². The summed E-state index contributed by atoms with van der Waals surface area (Å²) in [5, 5.41) is 1.74. The Morgan fingerprint density at radius 1 is 1.43 bits per heavy atom. The number of thiol groups is 1. The van der Waals surface area contributed by atoms with Crippen LogP contribution in [0.5, 0.6) is 0 Å². The van der Waals surface area contributed by atoms with Gasteiger partial charge in [0, 0.05) is 4.91 Å². The summed E-state index contributed by atoms with van der Waals surface area (Å²) in [5.41, 5.74) is 0. The van der Waals surface area contributed by atoms with Crippen molar-refractivity contribution in [3.63, 3.8) is 0 Å². The molecule has 1 aliphatic rings. The van der Waals surface area contributed by atoms with Gasteiger partial charge in [0.1, 0.15) is 0 Å². The molecule has 2 nitrogen and oxygen atoms in total. The predicted octanol–water partition coefficient (Wildman–Crippen LogP) is 1.63. The van der Waals surface area contributed by atoms with E-state index in [0.29, 0.717) is 17.8 Å². The van der Waals surface area contributed by atoms with Gasteiger partial charge in [-0.15, -0.1) is 0 Å². The summed E-state index contributed by atoms with van der Waals surface area (Å²) in [6, 6.07) is 0. The second kappa shape index (κ2) is 4.08. The van der Waals surface area contributed by atoms with Gasteiger partial charge in [-0.05, 0) is 6.42 Å². The molecule has 0 aromatic heterocycles. The summed E-state index contributed by atoms with van der Waals surface area (Å²) in [4.78, 5) is 21.8. The van der Waals surface area contributed by atoms with Crippen LogP contribution in [0.25, 0.3) is 0 Å². The number of alkyl halides is 3. The summed E-state index contributed by atoms with van der Waals surface area (Å²) in [6.07, 6.45) is -3.87. The molecule has 1 aliphatic heterocycles. The van der Waals surface area contributed by atoms with Crippen LogP contribution in [0.4, 0.5) is 13.2 Å². The number of hydrogen-bond acceptors (Lipinski definition) is 2. The van der Waals surface area contributed by atoms with Crippen LogP contribution in [0.1, 0.15) is 12.8 Å². The van der Waals surface area contributed by atoms with Crippen molar-refractivity contribution in [3.8, 4) is 0 Å². The lowest BCUT2D eigenvalue weighted by Gasteiger charge is -2.03. The minimum absolute atomic E-state index is 0.280. The van der Waals surface area contributed by atoms with E-state index in [2.05, 4.69) is 0 Å². The third-order valence-electron chi connectivity index (χ3n) is 1.57. The van der Waals surface area contributed by atoms with Gasteiger partial charge < -0.3 is 0 Å². The average molecular weight is 224 g/mol. The third-order valence-corrected chi connectivity index (χ3v) is 2.67. The number of allylic oxidation sites excluding steroid dienone is 2. The highest BCUT2D eigenvalue weighted by molar-refractivity contribution is 8.02. The van der Waals surface area contributed by atoms with E-state index in [1.807, 2.05) is 0 Å². The van der Waals surface area contributed by atoms with Crippen LogP contribution in [0.2, 0.25) is 0 Å². The maximum Gasteiger partial charge on any atom is 0.450 e. The van der Waals surface area contributed by atoms with E-state index in [-0.39, 0.29) is 4.91 Å². The quantitative estimate of drug-likeness (QED) is 0.449. The van der Waals surface area contributed by atoms with Crippen LogP contribution >= 0.6 is 11.4 Å². The van der Waals surface area contributed by atoms with Gasteiger partial charge in [-0.25, -0.2) is 0 Å². The first-order chi connectivity index (χ1) is 6.41. The molecule has 0 saturated carbocycles. The second-order valence-electron chi connectivity index (χ2n) is 2.66. The zero-order valence-electron chi connectivity index (χ0n) is 6.97. The van der Waals surface area contributed by atoms with Crippen LogP contribution in [-0.4, -0.2) is 23.1 Å². The first kappa shape index (κ1) is 11.2. The Labute approximate surface area is 81.7 Å². The van der Waals surface area contributed by atoms with Crippen LogP contribution < -0.4 is 0 Å². The molecule has 0 aromatic carbocycles. The van der Waals surface area contributed by atoms with E-state index in [0.717, 1.165) is 0 Å². The molecule has 0 aromatic rings. The van der Waals surface area contributed by atoms with E-state index in [1.54, 1.807) is 5.37 Å². The topological polar surface area (TPSA) is 34.1 Å². The Hall–Kier alpha value is -0.910. The Morgan fingerprint density at radius 2 is 2.07 bits per heavy atom. The number of halogens is 3. The molecule has 0 radical (unpaired) electrons. The van der Waals surface area contributed by atoms with Gasteiger partial charge in [-0.1, -0.05) is 11.4 Å². The molecule has 0 unspecified atom stereocenters. The van der Waals surface area contributed by atoms with Gasteiger partial charge in [0.25, 0.3) is 0 Å². The molecule has 14 heavy (non-hydrogen) atoms. The Balaban J connectivity index is 2.58. The third kappa shape index (κ3) is 2.80. The zero-order chi connectivity index (χ0) is 10.8. The molecule has 0 N–H and O–H groups in total. The van der Waals surface area contributed by atoms with E-state index < -0.39 is 24.2 Å². The predicted molar refractivity (Wildman–Crippen MR) is 48.4 cm³/mol. The molecule has 0 atom stereocenters. The fourth-order valence-electron chi connectivity index (χ4n) is 0.891. The number of Topliss-reactive ketones (excluding diaryl/α,β-unsaturated/α-hetero) is 2. The van der Waals surface area contributed by atoms with Gasteiger partial charge in [-0.2, -0.15) is 24.5 Å². The van der Waals surface area contributed by atoms with Crippen molar-refractivity contribution in [2.24, 2.45) is 0 Å². The van der Waals surface area contributed by atoms with Gasteiger partial charge in [0.15, 0.2) is 5.78 Å².